The summed E-state index contributed by atoms with van der Waals surface area (Å²) in [5.74, 6) is 0. The largest absolute Gasteiger partial charge is 0.380 e. The van der Waals surface area contributed by atoms with E-state index in [2.05, 4.69) is 19.2 Å². The summed E-state index contributed by atoms with van der Waals surface area (Å²) in [5, 5.41) is 3.67. The Bertz CT molecular complexity index is 184. The summed E-state index contributed by atoms with van der Waals surface area (Å²) in [7, 11) is 1.82. The summed E-state index contributed by atoms with van der Waals surface area (Å²) in [6, 6.07) is 0.536. The Morgan fingerprint density at radius 1 is 1.31 bits per heavy atom. The smallest absolute Gasteiger partial charge is 0.0724 e. The van der Waals surface area contributed by atoms with Crippen LogP contribution in [-0.4, -0.2) is 32.3 Å². The predicted molar refractivity (Wildman–Crippen MR) is 68.5 cm³/mol. The lowest BCUT2D eigenvalue weighted by molar-refractivity contribution is 0.0797. The Morgan fingerprint density at radius 3 is 2.50 bits per heavy atom. The third-order valence-corrected chi connectivity index (χ3v) is 4.43. The molecular formula is C13H28N2O. The molecule has 0 amide bonds. The summed E-state index contributed by atoms with van der Waals surface area (Å²) in [5.41, 5.74) is 6.19. The van der Waals surface area contributed by atoms with Crippen LogP contribution in [0, 0.1) is 5.41 Å². The van der Waals surface area contributed by atoms with Gasteiger partial charge in [-0.2, -0.15) is 0 Å². The van der Waals surface area contributed by atoms with Crippen LogP contribution in [-0.2, 0) is 4.74 Å². The van der Waals surface area contributed by atoms with Crippen LogP contribution in [0.3, 0.4) is 0 Å². The lowest BCUT2D eigenvalue weighted by atomic mass is 9.82. The van der Waals surface area contributed by atoms with Crippen molar-refractivity contribution >= 4 is 0 Å². The Morgan fingerprint density at radius 2 is 2.00 bits per heavy atom. The van der Waals surface area contributed by atoms with Gasteiger partial charge in [0.15, 0.2) is 0 Å². The van der Waals surface area contributed by atoms with E-state index in [1.165, 1.54) is 19.3 Å². The van der Waals surface area contributed by atoms with E-state index in [9.17, 15) is 0 Å². The molecule has 1 saturated carbocycles. The summed E-state index contributed by atoms with van der Waals surface area (Å²) in [6.45, 7) is 6.28. The van der Waals surface area contributed by atoms with Gasteiger partial charge in [-0.05, 0) is 44.1 Å². The van der Waals surface area contributed by atoms with E-state index in [0.29, 0.717) is 12.1 Å². The van der Waals surface area contributed by atoms with E-state index < -0.39 is 0 Å². The standard InChI is InChI=1S/C13H28N2O/c1-4-13(5-2,9-14)10-15-11-7-6-8-12(11)16-3/h11-12,15H,4-10,14H2,1-3H3. The van der Waals surface area contributed by atoms with Gasteiger partial charge in [0.05, 0.1) is 6.10 Å². The van der Waals surface area contributed by atoms with Crippen LogP contribution in [0.4, 0.5) is 0 Å². The minimum absolute atomic E-state index is 0.279. The van der Waals surface area contributed by atoms with Crippen LogP contribution in [0.5, 0.6) is 0 Å². The molecule has 0 spiro atoms. The van der Waals surface area contributed by atoms with Gasteiger partial charge in [0, 0.05) is 19.7 Å². The highest BCUT2D eigenvalue weighted by Crippen LogP contribution is 2.26. The molecule has 1 aliphatic rings. The topological polar surface area (TPSA) is 47.3 Å². The van der Waals surface area contributed by atoms with Gasteiger partial charge in [-0.25, -0.2) is 0 Å². The Kier molecular flexibility index (Phi) is 5.73. The van der Waals surface area contributed by atoms with Crippen LogP contribution in [0.25, 0.3) is 0 Å². The molecule has 0 aromatic heterocycles. The normalized spacial score (nSPS) is 26.2. The fourth-order valence-electron chi connectivity index (χ4n) is 2.65. The fraction of sp³-hybridized carbons (Fsp3) is 1.00. The maximum atomic E-state index is 5.91. The van der Waals surface area contributed by atoms with E-state index in [1.807, 2.05) is 7.11 Å². The molecule has 0 aromatic carbocycles. The van der Waals surface area contributed by atoms with E-state index in [0.717, 1.165) is 25.9 Å². The van der Waals surface area contributed by atoms with Crippen molar-refractivity contribution in [2.24, 2.45) is 11.1 Å². The van der Waals surface area contributed by atoms with Gasteiger partial charge in [-0.3, -0.25) is 0 Å². The maximum Gasteiger partial charge on any atom is 0.0724 e. The van der Waals surface area contributed by atoms with Crippen molar-refractivity contribution in [2.75, 3.05) is 20.2 Å². The van der Waals surface area contributed by atoms with Crippen molar-refractivity contribution in [3.8, 4) is 0 Å². The van der Waals surface area contributed by atoms with Gasteiger partial charge in [-0.1, -0.05) is 13.8 Å². The highest BCUT2D eigenvalue weighted by molar-refractivity contribution is 4.88. The van der Waals surface area contributed by atoms with Gasteiger partial charge in [-0.15, -0.1) is 0 Å². The number of rotatable bonds is 7. The molecule has 0 radical (unpaired) electrons. The molecule has 0 heterocycles. The second kappa shape index (κ2) is 6.58. The zero-order chi connectivity index (χ0) is 12.0. The molecule has 1 fully saturated rings. The summed E-state index contributed by atoms with van der Waals surface area (Å²) in [6.07, 6.45) is 6.43. The van der Waals surface area contributed by atoms with Crippen molar-refractivity contribution in [3.05, 3.63) is 0 Å². The number of methoxy groups -OCH3 is 1. The number of hydrogen-bond donors (Lipinski definition) is 2. The predicted octanol–water partition coefficient (Wildman–Crippen LogP) is 1.91. The summed E-state index contributed by atoms with van der Waals surface area (Å²) >= 11 is 0. The molecule has 1 rings (SSSR count). The third-order valence-electron chi connectivity index (χ3n) is 4.43. The number of hydrogen-bond acceptors (Lipinski definition) is 3. The molecule has 3 heteroatoms. The summed E-state index contributed by atoms with van der Waals surface area (Å²) in [4.78, 5) is 0. The average molecular weight is 228 g/mol. The molecule has 3 nitrogen and oxygen atoms in total. The Labute approximate surface area is 100 Å². The molecule has 1 aliphatic carbocycles. The van der Waals surface area contributed by atoms with Gasteiger partial charge in [0.2, 0.25) is 0 Å². The zero-order valence-electron chi connectivity index (χ0n) is 11.1. The lowest BCUT2D eigenvalue weighted by Crippen LogP contribution is -2.46. The number of ether oxygens (including phenoxy) is 1. The molecule has 96 valence electrons. The van der Waals surface area contributed by atoms with Crippen LogP contribution in [0.2, 0.25) is 0 Å². The monoisotopic (exact) mass is 228 g/mol. The van der Waals surface area contributed by atoms with Gasteiger partial charge >= 0.3 is 0 Å². The second-order valence-electron chi connectivity index (χ2n) is 5.10. The lowest BCUT2D eigenvalue weighted by Gasteiger charge is -2.33. The van der Waals surface area contributed by atoms with Crippen LogP contribution >= 0.6 is 0 Å². The van der Waals surface area contributed by atoms with E-state index >= 15 is 0 Å². The SMILES string of the molecule is CCC(CC)(CN)CNC1CCCC1OC. The summed E-state index contributed by atoms with van der Waals surface area (Å²) < 4.78 is 5.50. The maximum absolute atomic E-state index is 5.91. The minimum atomic E-state index is 0.279. The van der Waals surface area contributed by atoms with Gasteiger partial charge < -0.3 is 15.8 Å². The van der Waals surface area contributed by atoms with Crippen molar-refractivity contribution < 1.29 is 4.74 Å². The molecule has 0 aliphatic heterocycles. The number of nitrogens with one attached hydrogen (secondary N) is 1. The van der Waals surface area contributed by atoms with Crippen LogP contribution in [0.15, 0.2) is 0 Å². The first kappa shape index (κ1) is 13.9. The van der Waals surface area contributed by atoms with Crippen molar-refractivity contribution in [1.29, 1.82) is 0 Å². The second-order valence-corrected chi connectivity index (χ2v) is 5.10. The molecule has 0 bridgehead atoms. The third kappa shape index (κ3) is 3.19. The van der Waals surface area contributed by atoms with Gasteiger partial charge in [0.1, 0.15) is 0 Å². The molecular weight excluding hydrogens is 200 g/mol. The number of nitrogens with two attached hydrogens (primary N) is 1. The fourth-order valence-corrected chi connectivity index (χ4v) is 2.65. The first-order valence-electron chi connectivity index (χ1n) is 6.67. The van der Waals surface area contributed by atoms with Crippen LogP contribution < -0.4 is 11.1 Å². The minimum Gasteiger partial charge on any atom is -0.380 e. The zero-order valence-corrected chi connectivity index (χ0v) is 11.1. The van der Waals surface area contributed by atoms with Crippen molar-refractivity contribution in [2.45, 2.75) is 58.1 Å². The molecule has 3 N–H and O–H groups in total. The molecule has 0 saturated heterocycles. The first-order chi connectivity index (χ1) is 7.71. The molecule has 2 atom stereocenters. The van der Waals surface area contributed by atoms with Crippen molar-refractivity contribution in [3.63, 3.8) is 0 Å². The van der Waals surface area contributed by atoms with E-state index in [-0.39, 0.29) is 5.41 Å². The molecule has 16 heavy (non-hydrogen) atoms. The highest BCUT2D eigenvalue weighted by Gasteiger charge is 2.30. The van der Waals surface area contributed by atoms with E-state index in [1.54, 1.807) is 0 Å². The van der Waals surface area contributed by atoms with E-state index in [4.69, 9.17) is 10.5 Å². The average Bonchev–Trinajstić information content (AvgIpc) is 2.79. The Balaban J connectivity index is 2.42. The van der Waals surface area contributed by atoms with Crippen molar-refractivity contribution in [1.82, 2.24) is 5.32 Å². The quantitative estimate of drug-likeness (QED) is 0.700. The molecule has 0 aromatic rings. The Hall–Kier alpha value is -0.120. The molecule has 2 unspecified atom stereocenters. The van der Waals surface area contributed by atoms with Gasteiger partial charge in [0.25, 0.3) is 0 Å². The first-order valence-corrected chi connectivity index (χ1v) is 6.67. The van der Waals surface area contributed by atoms with Crippen LogP contribution in [0.1, 0.15) is 46.0 Å². The highest BCUT2D eigenvalue weighted by atomic mass is 16.5.